The van der Waals surface area contributed by atoms with Crippen LogP contribution in [0.4, 0.5) is 0 Å². The summed E-state index contributed by atoms with van der Waals surface area (Å²) < 4.78 is 7.42. The molecule has 0 saturated heterocycles. The van der Waals surface area contributed by atoms with Crippen LogP contribution in [0.5, 0.6) is 5.75 Å². The van der Waals surface area contributed by atoms with E-state index in [4.69, 9.17) is 4.74 Å². The summed E-state index contributed by atoms with van der Waals surface area (Å²) in [5.41, 5.74) is 5.40. The Morgan fingerprint density at radius 2 is 1.72 bits per heavy atom. The van der Waals surface area contributed by atoms with E-state index in [0.717, 1.165) is 38.9 Å². The van der Waals surface area contributed by atoms with Gasteiger partial charge in [-0.05, 0) is 48.7 Å². The van der Waals surface area contributed by atoms with E-state index >= 15 is 0 Å². The minimum absolute atomic E-state index is 0.341. The average molecular weight is 429 g/mol. The van der Waals surface area contributed by atoms with E-state index in [1.807, 2.05) is 85.1 Å². The van der Waals surface area contributed by atoms with Gasteiger partial charge in [-0.1, -0.05) is 54.6 Å². The van der Waals surface area contributed by atoms with E-state index in [2.05, 4.69) is 11.4 Å². The number of rotatable bonds is 9. The van der Waals surface area contributed by atoms with Gasteiger partial charge in [0.05, 0.1) is 6.61 Å². The number of ether oxygens (including phenoxy) is 1. The molecule has 0 bridgehead atoms. The molecule has 0 spiro atoms. The van der Waals surface area contributed by atoms with Gasteiger partial charge >= 0.3 is 5.97 Å². The molecule has 0 atom stereocenters. The zero-order valence-electron chi connectivity index (χ0n) is 18.5. The number of hydrogen-bond donors (Lipinski definition) is 2. The zero-order valence-corrected chi connectivity index (χ0v) is 18.5. The number of hydrogen-bond acceptors (Lipinski definition) is 3. The van der Waals surface area contributed by atoms with E-state index in [1.165, 1.54) is 0 Å². The van der Waals surface area contributed by atoms with Crippen LogP contribution in [0.1, 0.15) is 39.7 Å². The van der Waals surface area contributed by atoms with Crippen molar-refractivity contribution in [3.8, 4) is 5.75 Å². The molecule has 0 radical (unpaired) electrons. The third-order valence-corrected chi connectivity index (χ3v) is 5.58. The van der Waals surface area contributed by atoms with E-state index in [-0.39, 0.29) is 0 Å². The lowest BCUT2D eigenvalue weighted by Crippen LogP contribution is -2.17. The first kappa shape index (κ1) is 21.7. The van der Waals surface area contributed by atoms with Crippen molar-refractivity contribution in [2.75, 3.05) is 6.61 Å². The number of nitrogens with zero attached hydrogens (tertiary/aromatic N) is 1. The molecular weight excluding hydrogens is 400 g/mol. The predicted octanol–water partition coefficient (Wildman–Crippen LogP) is 5.38. The van der Waals surface area contributed by atoms with E-state index in [0.29, 0.717) is 31.9 Å². The first-order chi connectivity index (χ1) is 15.6. The van der Waals surface area contributed by atoms with E-state index in [9.17, 15) is 9.90 Å². The number of carboxylic acids is 1. The largest absolute Gasteiger partial charge is 0.494 e. The SMILES string of the molecule is CCOc1ccc(CNCc2c(C(=O)O)n(Cc3ccccc3)c3cc(C)ccc23)cc1. The summed E-state index contributed by atoms with van der Waals surface area (Å²) in [5.74, 6) is -0.0589. The second kappa shape index (κ2) is 9.71. The summed E-state index contributed by atoms with van der Waals surface area (Å²) in [7, 11) is 0. The summed E-state index contributed by atoms with van der Waals surface area (Å²) in [6.45, 7) is 6.26. The van der Waals surface area contributed by atoms with Crippen LogP contribution in [0.3, 0.4) is 0 Å². The molecule has 4 rings (SSSR count). The van der Waals surface area contributed by atoms with Crippen molar-refractivity contribution in [2.45, 2.75) is 33.5 Å². The molecule has 1 heterocycles. The molecule has 0 aliphatic heterocycles. The van der Waals surface area contributed by atoms with Gasteiger partial charge in [-0.2, -0.15) is 0 Å². The number of carbonyl (C=O) groups is 1. The highest BCUT2D eigenvalue weighted by Crippen LogP contribution is 2.29. The van der Waals surface area contributed by atoms with Crippen LogP contribution in [0.25, 0.3) is 10.9 Å². The van der Waals surface area contributed by atoms with Gasteiger partial charge in [-0.3, -0.25) is 0 Å². The molecule has 1 aromatic heterocycles. The van der Waals surface area contributed by atoms with Gasteiger partial charge in [0.2, 0.25) is 0 Å². The van der Waals surface area contributed by atoms with E-state index < -0.39 is 5.97 Å². The summed E-state index contributed by atoms with van der Waals surface area (Å²) in [5, 5.41) is 14.5. The van der Waals surface area contributed by atoms with Crippen LogP contribution in [-0.2, 0) is 19.6 Å². The fraction of sp³-hybridized carbons (Fsp3) is 0.222. The highest BCUT2D eigenvalue weighted by Gasteiger charge is 2.22. The molecule has 0 saturated carbocycles. The summed E-state index contributed by atoms with van der Waals surface area (Å²) in [4.78, 5) is 12.4. The number of benzene rings is 3. The molecule has 5 nitrogen and oxygen atoms in total. The fourth-order valence-electron chi connectivity index (χ4n) is 4.09. The summed E-state index contributed by atoms with van der Waals surface area (Å²) in [6, 6.07) is 24.1. The molecule has 0 unspecified atom stereocenters. The minimum atomic E-state index is -0.910. The minimum Gasteiger partial charge on any atom is -0.494 e. The Hall–Kier alpha value is -3.57. The molecule has 2 N–H and O–H groups in total. The normalized spacial score (nSPS) is 11.1. The highest BCUT2D eigenvalue weighted by molar-refractivity contribution is 5.98. The molecule has 3 aromatic carbocycles. The molecule has 0 fully saturated rings. The summed E-state index contributed by atoms with van der Waals surface area (Å²) in [6.07, 6.45) is 0. The Morgan fingerprint density at radius 1 is 0.969 bits per heavy atom. The molecule has 0 aliphatic carbocycles. The monoisotopic (exact) mass is 428 g/mol. The molecule has 5 heteroatoms. The Kier molecular flexibility index (Phi) is 6.57. The molecule has 0 amide bonds. The lowest BCUT2D eigenvalue weighted by Gasteiger charge is -2.10. The quantitative estimate of drug-likeness (QED) is 0.375. The van der Waals surface area contributed by atoms with Gasteiger partial charge in [0.25, 0.3) is 0 Å². The van der Waals surface area contributed by atoms with Crippen molar-refractivity contribution in [1.29, 1.82) is 0 Å². The topological polar surface area (TPSA) is 63.5 Å². The highest BCUT2D eigenvalue weighted by atomic mass is 16.5. The number of carboxylic acid groups (broad SMARTS) is 1. The fourth-order valence-corrected chi connectivity index (χ4v) is 4.09. The number of nitrogens with one attached hydrogen (secondary N) is 1. The van der Waals surface area contributed by atoms with E-state index in [1.54, 1.807) is 0 Å². The lowest BCUT2D eigenvalue weighted by atomic mass is 10.1. The van der Waals surface area contributed by atoms with Crippen LogP contribution in [0, 0.1) is 6.92 Å². The van der Waals surface area contributed by atoms with Crippen molar-refractivity contribution < 1.29 is 14.6 Å². The van der Waals surface area contributed by atoms with Gasteiger partial charge in [0.15, 0.2) is 0 Å². The van der Waals surface area contributed by atoms with Crippen molar-refractivity contribution in [1.82, 2.24) is 9.88 Å². The van der Waals surface area contributed by atoms with Crippen LogP contribution in [-0.4, -0.2) is 22.2 Å². The standard InChI is InChI=1S/C27H28N2O3/c1-3-32-22-12-10-20(11-13-22)16-28-17-24-23-14-9-19(2)15-25(23)29(26(24)27(30)31)18-21-7-5-4-6-8-21/h4-15,28H,3,16-18H2,1-2H3,(H,30,31). The number of fused-ring (bicyclic) bond motifs is 1. The summed E-state index contributed by atoms with van der Waals surface area (Å²) >= 11 is 0. The zero-order chi connectivity index (χ0) is 22.5. The number of aromatic carboxylic acids is 1. The second-order valence-corrected chi connectivity index (χ2v) is 7.91. The van der Waals surface area contributed by atoms with Crippen molar-refractivity contribution in [3.63, 3.8) is 0 Å². The third-order valence-electron chi connectivity index (χ3n) is 5.58. The maximum atomic E-state index is 12.4. The predicted molar refractivity (Wildman–Crippen MR) is 127 cm³/mol. The average Bonchev–Trinajstić information content (AvgIpc) is 3.08. The third kappa shape index (κ3) is 4.68. The van der Waals surface area contributed by atoms with Crippen molar-refractivity contribution >= 4 is 16.9 Å². The van der Waals surface area contributed by atoms with Gasteiger partial charge < -0.3 is 19.7 Å². The van der Waals surface area contributed by atoms with Gasteiger partial charge in [0.1, 0.15) is 11.4 Å². The molecule has 32 heavy (non-hydrogen) atoms. The van der Waals surface area contributed by atoms with Crippen LogP contribution < -0.4 is 10.1 Å². The Labute approximate surface area is 188 Å². The second-order valence-electron chi connectivity index (χ2n) is 7.91. The smallest absolute Gasteiger partial charge is 0.352 e. The van der Waals surface area contributed by atoms with Gasteiger partial charge in [0, 0.05) is 36.1 Å². The molecular formula is C27H28N2O3. The molecule has 164 valence electrons. The number of aryl methyl sites for hydroxylation is 1. The van der Waals surface area contributed by atoms with Crippen molar-refractivity contribution in [2.24, 2.45) is 0 Å². The van der Waals surface area contributed by atoms with Crippen LogP contribution in [0.15, 0.2) is 72.8 Å². The Bertz CT molecular complexity index is 1210. The number of aromatic nitrogens is 1. The first-order valence-corrected chi connectivity index (χ1v) is 10.9. The Balaban J connectivity index is 1.64. The maximum Gasteiger partial charge on any atom is 0.352 e. The van der Waals surface area contributed by atoms with Crippen LogP contribution in [0.2, 0.25) is 0 Å². The maximum absolute atomic E-state index is 12.4. The first-order valence-electron chi connectivity index (χ1n) is 10.9. The lowest BCUT2D eigenvalue weighted by molar-refractivity contribution is 0.0684. The van der Waals surface area contributed by atoms with Gasteiger partial charge in [-0.15, -0.1) is 0 Å². The van der Waals surface area contributed by atoms with Gasteiger partial charge in [-0.25, -0.2) is 4.79 Å². The molecule has 4 aromatic rings. The Morgan fingerprint density at radius 3 is 2.41 bits per heavy atom. The van der Waals surface area contributed by atoms with Crippen LogP contribution >= 0.6 is 0 Å². The molecule has 0 aliphatic rings. The van der Waals surface area contributed by atoms with Crippen molar-refractivity contribution in [3.05, 3.63) is 101 Å².